The van der Waals surface area contributed by atoms with Crippen LogP contribution >= 0.6 is 0 Å². The van der Waals surface area contributed by atoms with Crippen LogP contribution in [0.3, 0.4) is 0 Å². The van der Waals surface area contributed by atoms with Crippen molar-refractivity contribution in [3.8, 4) is 0 Å². The summed E-state index contributed by atoms with van der Waals surface area (Å²) >= 11 is 0. The molecule has 1 aliphatic rings. The predicted octanol–water partition coefficient (Wildman–Crippen LogP) is 3.13. The van der Waals surface area contributed by atoms with Gasteiger partial charge in [-0.3, -0.25) is 0 Å². The summed E-state index contributed by atoms with van der Waals surface area (Å²) in [6, 6.07) is 0. The Hall–Kier alpha value is -0.120. The standard InChI is InChI=1S/C18H38N2O/c1-15(2)12-19-13-18(9-6-16(3)7-10-18)14-20(5)11-8-17(4)21/h15-17,19,21H,6-14H2,1-5H3. The lowest BCUT2D eigenvalue weighted by molar-refractivity contribution is 0.0878. The van der Waals surface area contributed by atoms with E-state index in [-0.39, 0.29) is 6.10 Å². The average Bonchev–Trinajstić information content (AvgIpc) is 2.39. The highest BCUT2D eigenvalue weighted by atomic mass is 16.3. The Bertz CT molecular complexity index is 270. The number of aliphatic hydroxyl groups excluding tert-OH is 1. The molecule has 3 nitrogen and oxygen atoms in total. The quantitative estimate of drug-likeness (QED) is 0.686. The van der Waals surface area contributed by atoms with E-state index < -0.39 is 0 Å². The van der Waals surface area contributed by atoms with Gasteiger partial charge in [-0.25, -0.2) is 0 Å². The van der Waals surface area contributed by atoms with E-state index in [0.717, 1.165) is 44.4 Å². The van der Waals surface area contributed by atoms with E-state index in [1.165, 1.54) is 25.7 Å². The zero-order valence-corrected chi connectivity index (χ0v) is 15.0. The maximum atomic E-state index is 9.47. The van der Waals surface area contributed by atoms with E-state index in [2.05, 4.69) is 38.0 Å². The van der Waals surface area contributed by atoms with Crippen molar-refractivity contribution < 1.29 is 5.11 Å². The molecule has 0 aromatic carbocycles. The molecule has 0 saturated heterocycles. The number of nitrogens with zero attached hydrogens (tertiary/aromatic N) is 1. The molecule has 0 aliphatic heterocycles. The molecule has 126 valence electrons. The molecule has 1 atom stereocenters. The zero-order chi connectivity index (χ0) is 15.9. The first-order valence-corrected chi connectivity index (χ1v) is 8.90. The molecule has 2 N–H and O–H groups in total. The highest BCUT2D eigenvalue weighted by Crippen LogP contribution is 2.39. The van der Waals surface area contributed by atoms with Crippen LogP contribution in [0.5, 0.6) is 0 Å². The number of aliphatic hydroxyl groups is 1. The van der Waals surface area contributed by atoms with Crippen LogP contribution in [0.15, 0.2) is 0 Å². The minimum Gasteiger partial charge on any atom is -0.393 e. The zero-order valence-electron chi connectivity index (χ0n) is 15.0. The summed E-state index contributed by atoms with van der Waals surface area (Å²) in [5.41, 5.74) is 0.439. The lowest BCUT2D eigenvalue weighted by atomic mass is 9.70. The van der Waals surface area contributed by atoms with Crippen LogP contribution in [0.25, 0.3) is 0 Å². The van der Waals surface area contributed by atoms with Crippen LogP contribution < -0.4 is 5.32 Å². The first kappa shape index (κ1) is 18.9. The lowest BCUT2D eigenvalue weighted by Gasteiger charge is -2.42. The third kappa shape index (κ3) is 7.62. The number of nitrogens with one attached hydrogen (secondary N) is 1. The van der Waals surface area contributed by atoms with E-state index in [4.69, 9.17) is 0 Å². The van der Waals surface area contributed by atoms with Crippen LogP contribution in [0.4, 0.5) is 0 Å². The Morgan fingerprint density at radius 1 is 1.24 bits per heavy atom. The molecular weight excluding hydrogens is 260 g/mol. The van der Waals surface area contributed by atoms with E-state index in [1.807, 2.05) is 6.92 Å². The van der Waals surface area contributed by atoms with Gasteiger partial charge in [-0.15, -0.1) is 0 Å². The van der Waals surface area contributed by atoms with Crippen LogP contribution in [-0.4, -0.2) is 49.3 Å². The number of hydrogen-bond donors (Lipinski definition) is 2. The topological polar surface area (TPSA) is 35.5 Å². The summed E-state index contributed by atoms with van der Waals surface area (Å²) < 4.78 is 0. The van der Waals surface area contributed by atoms with Gasteiger partial charge in [0, 0.05) is 19.6 Å². The van der Waals surface area contributed by atoms with Crippen molar-refractivity contribution in [1.29, 1.82) is 0 Å². The Balaban J connectivity index is 2.51. The van der Waals surface area contributed by atoms with E-state index in [0.29, 0.717) is 5.41 Å². The van der Waals surface area contributed by atoms with Gasteiger partial charge >= 0.3 is 0 Å². The summed E-state index contributed by atoms with van der Waals surface area (Å²) in [5, 5.41) is 13.2. The largest absolute Gasteiger partial charge is 0.393 e. The van der Waals surface area contributed by atoms with Crippen molar-refractivity contribution in [2.45, 2.75) is 65.9 Å². The number of rotatable bonds is 9. The summed E-state index contributed by atoms with van der Waals surface area (Å²) in [4.78, 5) is 2.43. The molecule has 0 aromatic rings. The summed E-state index contributed by atoms with van der Waals surface area (Å²) in [5.74, 6) is 1.61. The second kappa shape index (κ2) is 9.12. The average molecular weight is 299 g/mol. The fourth-order valence-corrected chi connectivity index (χ4v) is 3.45. The molecule has 1 rings (SSSR count). The van der Waals surface area contributed by atoms with Crippen LogP contribution in [-0.2, 0) is 0 Å². The maximum Gasteiger partial charge on any atom is 0.0524 e. The second-order valence-electron chi connectivity index (χ2n) is 8.08. The van der Waals surface area contributed by atoms with Gasteiger partial charge in [-0.1, -0.05) is 33.6 Å². The van der Waals surface area contributed by atoms with E-state index in [1.54, 1.807) is 0 Å². The van der Waals surface area contributed by atoms with Crippen molar-refractivity contribution in [3.63, 3.8) is 0 Å². The van der Waals surface area contributed by atoms with E-state index >= 15 is 0 Å². The normalized spacial score (nSPS) is 28.3. The van der Waals surface area contributed by atoms with Gasteiger partial charge in [0.25, 0.3) is 0 Å². The minimum absolute atomic E-state index is 0.186. The minimum atomic E-state index is -0.186. The smallest absolute Gasteiger partial charge is 0.0524 e. The van der Waals surface area contributed by atoms with Crippen molar-refractivity contribution in [1.82, 2.24) is 10.2 Å². The molecule has 1 aliphatic carbocycles. The van der Waals surface area contributed by atoms with Gasteiger partial charge in [0.15, 0.2) is 0 Å². The fourth-order valence-electron chi connectivity index (χ4n) is 3.45. The van der Waals surface area contributed by atoms with Gasteiger partial charge in [-0.2, -0.15) is 0 Å². The summed E-state index contributed by atoms with van der Waals surface area (Å²) in [7, 11) is 2.21. The first-order chi connectivity index (χ1) is 9.83. The fraction of sp³-hybridized carbons (Fsp3) is 1.00. The van der Waals surface area contributed by atoms with Crippen molar-refractivity contribution >= 4 is 0 Å². The van der Waals surface area contributed by atoms with Gasteiger partial charge in [-0.05, 0) is 57.0 Å². The monoisotopic (exact) mass is 298 g/mol. The van der Waals surface area contributed by atoms with Crippen molar-refractivity contribution in [2.75, 3.05) is 33.2 Å². The van der Waals surface area contributed by atoms with E-state index in [9.17, 15) is 5.11 Å². The molecule has 3 heteroatoms. The highest BCUT2D eigenvalue weighted by Gasteiger charge is 2.34. The number of hydrogen-bond acceptors (Lipinski definition) is 3. The van der Waals surface area contributed by atoms with Gasteiger partial charge < -0.3 is 15.3 Å². The van der Waals surface area contributed by atoms with Crippen LogP contribution in [0.1, 0.15) is 59.8 Å². The predicted molar refractivity (Wildman–Crippen MR) is 91.6 cm³/mol. The van der Waals surface area contributed by atoms with Crippen molar-refractivity contribution in [2.24, 2.45) is 17.3 Å². The summed E-state index contributed by atoms with van der Waals surface area (Å²) in [6.45, 7) is 13.3. The molecule has 1 unspecified atom stereocenters. The van der Waals surface area contributed by atoms with Gasteiger partial charge in [0.2, 0.25) is 0 Å². The Morgan fingerprint density at radius 2 is 1.86 bits per heavy atom. The third-order valence-corrected chi connectivity index (χ3v) is 4.92. The Labute approximate surface area is 132 Å². The van der Waals surface area contributed by atoms with Crippen molar-refractivity contribution in [3.05, 3.63) is 0 Å². The molecule has 0 bridgehead atoms. The highest BCUT2D eigenvalue weighted by molar-refractivity contribution is 4.89. The second-order valence-corrected chi connectivity index (χ2v) is 8.08. The molecule has 1 saturated carbocycles. The Morgan fingerprint density at radius 3 is 2.38 bits per heavy atom. The first-order valence-electron chi connectivity index (χ1n) is 8.90. The van der Waals surface area contributed by atoms with Crippen LogP contribution in [0, 0.1) is 17.3 Å². The molecule has 0 radical (unpaired) electrons. The molecular formula is C18H38N2O. The van der Waals surface area contributed by atoms with Gasteiger partial charge in [0.05, 0.1) is 6.10 Å². The molecule has 1 fully saturated rings. The molecule has 0 aromatic heterocycles. The van der Waals surface area contributed by atoms with Gasteiger partial charge in [0.1, 0.15) is 0 Å². The van der Waals surface area contributed by atoms with Crippen LogP contribution in [0.2, 0.25) is 0 Å². The Kier molecular flexibility index (Phi) is 8.22. The SMILES string of the molecule is CC(C)CNCC1(CN(C)CCC(C)O)CCC(C)CC1. The lowest BCUT2D eigenvalue weighted by Crippen LogP contribution is -2.46. The molecule has 0 heterocycles. The molecule has 21 heavy (non-hydrogen) atoms. The molecule has 0 spiro atoms. The summed E-state index contributed by atoms with van der Waals surface area (Å²) in [6.07, 6.45) is 6.12. The third-order valence-electron chi connectivity index (χ3n) is 4.92. The maximum absolute atomic E-state index is 9.47. The molecule has 0 amide bonds.